The summed E-state index contributed by atoms with van der Waals surface area (Å²) in [6.07, 6.45) is 2.57. The van der Waals surface area contributed by atoms with Crippen LogP contribution in [0, 0.1) is 5.92 Å². The molecule has 0 aliphatic carbocycles. The maximum Gasteiger partial charge on any atom is 0.0252 e. The van der Waals surface area contributed by atoms with E-state index in [2.05, 4.69) is 29.2 Å². The maximum atomic E-state index is 5.94. The van der Waals surface area contributed by atoms with Crippen LogP contribution in [0.15, 0.2) is 29.2 Å². The SMILES string of the molecule is ClCC1CCN(CC2CSc3ccccc32)CC1. The van der Waals surface area contributed by atoms with Crippen LogP contribution < -0.4 is 0 Å². The highest BCUT2D eigenvalue weighted by atomic mass is 35.5. The Morgan fingerprint density at radius 2 is 2.00 bits per heavy atom. The minimum absolute atomic E-state index is 0.735. The molecule has 3 rings (SSSR count). The van der Waals surface area contributed by atoms with Gasteiger partial charge in [0.25, 0.3) is 0 Å². The molecule has 0 amide bonds. The summed E-state index contributed by atoms with van der Waals surface area (Å²) in [5.41, 5.74) is 1.57. The molecule has 0 spiro atoms. The van der Waals surface area contributed by atoms with Gasteiger partial charge in [0.2, 0.25) is 0 Å². The van der Waals surface area contributed by atoms with E-state index in [-0.39, 0.29) is 0 Å². The second kappa shape index (κ2) is 5.85. The molecule has 0 radical (unpaired) electrons. The highest BCUT2D eigenvalue weighted by Gasteiger charge is 2.26. The Kier molecular flexibility index (Phi) is 4.17. The number of likely N-dealkylation sites (tertiary alicyclic amines) is 1. The predicted molar refractivity (Wildman–Crippen MR) is 79.8 cm³/mol. The third kappa shape index (κ3) is 2.71. The number of hydrogen-bond acceptors (Lipinski definition) is 2. The molecule has 1 nitrogen and oxygen atoms in total. The summed E-state index contributed by atoms with van der Waals surface area (Å²) in [7, 11) is 0. The highest BCUT2D eigenvalue weighted by molar-refractivity contribution is 7.99. The topological polar surface area (TPSA) is 3.24 Å². The fourth-order valence-electron chi connectivity index (χ4n) is 3.02. The molecule has 1 atom stereocenters. The summed E-state index contributed by atoms with van der Waals surface area (Å²) < 4.78 is 0. The zero-order chi connectivity index (χ0) is 12.4. The molecular weight excluding hydrogens is 262 g/mol. The van der Waals surface area contributed by atoms with Crippen molar-refractivity contribution in [2.45, 2.75) is 23.7 Å². The number of rotatable bonds is 3. The Balaban J connectivity index is 1.59. The van der Waals surface area contributed by atoms with Gasteiger partial charge in [0.15, 0.2) is 0 Å². The van der Waals surface area contributed by atoms with Gasteiger partial charge in [0.05, 0.1) is 0 Å². The Hall–Kier alpha value is -0.180. The van der Waals surface area contributed by atoms with Crippen LogP contribution in [0.4, 0.5) is 0 Å². The molecule has 18 heavy (non-hydrogen) atoms. The first-order valence-corrected chi connectivity index (χ1v) is 8.39. The van der Waals surface area contributed by atoms with Gasteiger partial charge in [-0.2, -0.15) is 0 Å². The predicted octanol–water partition coefficient (Wildman–Crippen LogP) is 3.83. The third-order valence-corrected chi connectivity index (χ3v) is 5.89. The lowest BCUT2D eigenvalue weighted by Crippen LogP contribution is -2.37. The Morgan fingerprint density at radius 3 is 2.78 bits per heavy atom. The summed E-state index contributed by atoms with van der Waals surface area (Å²) in [5.74, 6) is 3.59. The quantitative estimate of drug-likeness (QED) is 0.775. The lowest BCUT2D eigenvalue weighted by Gasteiger charge is -2.32. The molecule has 2 aliphatic heterocycles. The second-order valence-corrected chi connectivity index (χ2v) is 6.81. The molecule has 1 unspecified atom stereocenters. The van der Waals surface area contributed by atoms with Crippen LogP contribution in [-0.4, -0.2) is 36.2 Å². The summed E-state index contributed by atoms with van der Waals surface area (Å²) in [6, 6.07) is 8.91. The van der Waals surface area contributed by atoms with Crippen LogP contribution >= 0.6 is 23.4 Å². The number of alkyl halides is 1. The summed E-state index contributed by atoms with van der Waals surface area (Å²) in [5, 5.41) is 0. The average Bonchev–Trinajstić information content (AvgIpc) is 2.83. The van der Waals surface area contributed by atoms with E-state index < -0.39 is 0 Å². The normalized spacial score (nSPS) is 25.3. The van der Waals surface area contributed by atoms with Crippen molar-refractivity contribution >= 4 is 23.4 Å². The molecule has 1 aromatic carbocycles. The minimum atomic E-state index is 0.735. The number of fused-ring (bicyclic) bond motifs is 1. The number of piperidine rings is 1. The third-order valence-electron chi connectivity index (χ3n) is 4.20. The first kappa shape index (κ1) is 12.8. The lowest BCUT2D eigenvalue weighted by molar-refractivity contribution is 0.187. The van der Waals surface area contributed by atoms with E-state index >= 15 is 0 Å². The van der Waals surface area contributed by atoms with Crippen molar-refractivity contribution in [1.82, 2.24) is 4.90 Å². The summed E-state index contributed by atoms with van der Waals surface area (Å²) in [4.78, 5) is 4.13. The Labute approximate surface area is 119 Å². The van der Waals surface area contributed by atoms with Gasteiger partial charge in [-0.25, -0.2) is 0 Å². The Bertz CT molecular complexity index is 401. The molecule has 2 aliphatic rings. The summed E-state index contributed by atoms with van der Waals surface area (Å²) >= 11 is 7.97. The number of hydrogen-bond donors (Lipinski definition) is 0. The van der Waals surface area contributed by atoms with Gasteiger partial charge in [-0.1, -0.05) is 18.2 Å². The monoisotopic (exact) mass is 281 g/mol. The second-order valence-electron chi connectivity index (χ2n) is 5.44. The molecule has 3 heteroatoms. The zero-order valence-corrected chi connectivity index (χ0v) is 12.2. The average molecular weight is 282 g/mol. The number of thioether (sulfide) groups is 1. The molecule has 0 N–H and O–H groups in total. The largest absolute Gasteiger partial charge is 0.303 e. The van der Waals surface area contributed by atoms with Crippen LogP contribution in [0.3, 0.4) is 0 Å². The van der Waals surface area contributed by atoms with Crippen molar-refractivity contribution in [3.8, 4) is 0 Å². The van der Waals surface area contributed by atoms with Gasteiger partial charge in [-0.05, 0) is 43.5 Å². The molecule has 1 saturated heterocycles. The van der Waals surface area contributed by atoms with Gasteiger partial charge < -0.3 is 4.90 Å². The van der Waals surface area contributed by atoms with E-state index in [1.165, 1.54) is 43.1 Å². The van der Waals surface area contributed by atoms with E-state index in [0.29, 0.717) is 0 Å². The van der Waals surface area contributed by atoms with E-state index in [9.17, 15) is 0 Å². The van der Waals surface area contributed by atoms with E-state index in [1.807, 2.05) is 11.8 Å². The van der Waals surface area contributed by atoms with Crippen LogP contribution in [0.25, 0.3) is 0 Å². The molecule has 98 valence electrons. The zero-order valence-electron chi connectivity index (χ0n) is 10.6. The van der Waals surface area contributed by atoms with Crippen molar-refractivity contribution in [1.29, 1.82) is 0 Å². The van der Waals surface area contributed by atoms with Gasteiger partial charge in [0, 0.05) is 29.0 Å². The first-order chi connectivity index (χ1) is 8.86. The molecule has 0 aromatic heterocycles. The van der Waals surface area contributed by atoms with Crippen molar-refractivity contribution < 1.29 is 0 Å². The smallest absolute Gasteiger partial charge is 0.0252 e. The number of benzene rings is 1. The molecule has 0 bridgehead atoms. The van der Waals surface area contributed by atoms with E-state index in [0.717, 1.165) is 17.7 Å². The molecule has 2 heterocycles. The van der Waals surface area contributed by atoms with Crippen LogP contribution in [0.2, 0.25) is 0 Å². The standard InChI is InChI=1S/C15H20ClNS/c16-9-12-5-7-17(8-6-12)10-13-11-18-15-4-2-1-3-14(13)15/h1-4,12-13H,5-11H2. The highest BCUT2D eigenvalue weighted by Crippen LogP contribution is 2.39. The fraction of sp³-hybridized carbons (Fsp3) is 0.600. The lowest BCUT2D eigenvalue weighted by atomic mass is 9.96. The summed E-state index contributed by atoms with van der Waals surface area (Å²) in [6.45, 7) is 3.71. The number of halogens is 1. The molecule has 0 saturated carbocycles. The molecule has 1 aromatic rings. The van der Waals surface area contributed by atoms with Crippen molar-refractivity contribution in [3.05, 3.63) is 29.8 Å². The van der Waals surface area contributed by atoms with Crippen LogP contribution in [-0.2, 0) is 0 Å². The van der Waals surface area contributed by atoms with E-state index in [4.69, 9.17) is 11.6 Å². The van der Waals surface area contributed by atoms with E-state index in [1.54, 1.807) is 5.56 Å². The minimum Gasteiger partial charge on any atom is -0.303 e. The Morgan fingerprint density at radius 1 is 1.22 bits per heavy atom. The van der Waals surface area contributed by atoms with Crippen LogP contribution in [0.5, 0.6) is 0 Å². The molecule has 1 fully saturated rings. The maximum absolute atomic E-state index is 5.94. The van der Waals surface area contributed by atoms with Gasteiger partial charge in [-0.15, -0.1) is 23.4 Å². The first-order valence-electron chi connectivity index (χ1n) is 6.87. The van der Waals surface area contributed by atoms with Crippen molar-refractivity contribution in [2.75, 3.05) is 31.3 Å². The van der Waals surface area contributed by atoms with Crippen molar-refractivity contribution in [2.24, 2.45) is 5.92 Å². The van der Waals surface area contributed by atoms with Gasteiger partial charge in [-0.3, -0.25) is 0 Å². The van der Waals surface area contributed by atoms with Gasteiger partial charge >= 0.3 is 0 Å². The molecular formula is C15H20ClNS. The fourth-order valence-corrected chi connectivity index (χ4v) is 4.57. The van der Waals surface area contributed by atoms with Crippen molar-refractivity contribution in [3.63, 3.8) is 0 Å². The van der Waals surface area contributed by atoms with Gasteiger partial charge in [0.1, 0.15) is 0 Å². The number of nitrogens with zero attached hydrogens (tertiary/aromatic N) is 1. The van der Waals surface area contributed by atoms with Crippen LogP contribution in [0.1, 0.15) is 24.3 Å².